The number of carbonyl (C=O) groups is 2. The third-order valence-electron chi connectivity index (χ3n) is 5.10. The molecule has 3 rings (SSSR count). The van der Waals surface area contributed by atoms with Gasteiger partial charge in [0.05, 0.1) is 0 Å². The quantitative estimate of drug-likeness (QED) is 0.841. The highest BCUT2D eigenvalue weighted by Crippen LogP contribution is 2.22. The first-order chi connectivity index (χ1) is 12.7. The SMILES string of the molecule is O=C(COc1ccccc1)NC[C@H]1CCCN(C(=O)C2CCOCC2)C1. The normalized spacial score (nSPS) is 21.2. The Morgan fingerprint density at radius 1 is 1.15 bits per heavy atom. The van der Waals surface area contributed by atoms with Crippen molar-refractivity contribution >= 4 is 11.8 Å². The van der Waals surface area contributed by atoms with Crippen LogP contribution in [-0.4, -0.2) is 56.2 Å². The summed E-state index contributed by atoms with van der Waals surface area (Å²) in [5.41, 5.74) is 0. The first kappa shape index (κ1) is 18.7. The molecule has 2 aliphatic heterocycles. The molecule has 142 valence electrons. The maximum absolute atomic E-state index is 12.7. The number of amides is 2. The van der Waals surface area contributed by atoms with Crippen LogP contribution in [0.1, 0.15) is 25.7 Å². The highest BCUT2D eigenvalue weighted by molar-refractivity contribution is 5.79. The lowest BCUT2D eigenvalue weighted by Gasteiger charge is -2.36. The monoisotopic (exact) mass is 360 g/mol. The Kier molecular flexibility index (Phi) is 6.89. The first-order valence-corrected chi connectivity index (χ1v) is 9.53. The van der Waals surface area contributed by atoms with Crippen LogP contribution >= 0.6 is 0 Å². The number of rotatable bonds is 6. The predicted octanol–water partition coefficient (Wildman–Crippen LogP) is 1.85. The van der Waals surface area contributed by atoms with Crippen LogP contribution < -0.4 is 10.1 Å². The Balaban J connectivity index is 1.39. The summed E-state index contributed by atoms with van der Waals surface area (Å²) >= 11 is 0. The second kappa shape index (κ2) is 9.57. The van der Waals surface area contributed by atoms with Crippen molar-refractivity contribution in [1.82, 2.24) is 10.2 Å². The lowest BCUT2D eigenvalue weighted by Crippen LogP contribution is -2.47. The Labute approximate surface area is 154 Å². The van der Waals surface area contributed by atoms with Crippen molar-refractivity contribution in [2.45, 2.75) is 25.7 Å². The fourth-order valence-corrected chi connectivity index (χ4v) is 3.61. The van der Waals surface area contributed by atoms with Crippen molar-refractivity contribution in [2.75, 3.05) is 39.5 Å². The van der Waals surface area contributed by atoms with Crippen molar-refractivity contribution in [3.63, 3.8) is 0 Å². The van der Waals surface area contributed by atoms with Crippen molar-refractivity contribution in [3.05, 3.63) is 30.3 Å². The summed E-state index contributed by atoms with van der Waals surface area (Å²) in [6.07, 6.45) is 3.69. The molecule has 6 heteroatoms. The topological polar surface area (TPSA) is 67.9 Å². The van der Waals surface area contributed by atoms with Crippen LogP contribution in [0.25, 0.3) is 0 Å². The fraction of sp³-hybridized carbons (Fsp3) is 0.600. The van der Waals surface area contributed by atoms with Gasteiger partial charge in [-0.05, 0) is 43.7 Å². The van der Waals surface area contributed by atoms with Gasteiger partial charge in [0, 0.05) is 38.8 Å². The maximum atomic E-state index is 12.7. The smallest absolute Gasteiger partial charge is 0.257 e. The van der Waals surface area contributed by atoms with Gasteiger partial charge >= 0.3 is 0 Å². The molecular weight excluding hydrogens is 332 g/mol. The average Bonchev–Trinajstić information content (AvgIpc) is 2.72. The zero-order valence-electron chi connectivity index (χ0n) is 15.2. The Hall–Kier alpha value is -2.08. The molecule has 1 atom stereocenters. The van der Waals surface area contributed by atoms with Crippen molar-refractivity contribution in [2.24, 2.45) is 11.8 Å². The van der Waals surface area contributed by atoms with Crippen LogP contribution in [-0.2, 0) is 14.3 Å². The summed E-state index contributed by atoms with van der Waals surface area (Å²) in [7, 11) is 0. The molecule has 0 bridgehead atoms. The molecule has 6 nitrogen and oxygen atoms in total. The van der Waals surface area contributed by atoms with E-state index in [4.69, 9.17) is 9.47 Å². The highest BCUT2D eigenvalue weighted by atomic mass is 16.5. The Bertz CT molecular complexity index is 587. The van der Waals surface area contributed by atoms with Gasteiger partial charge in [0.15, 0.2) is 6.61 Å². The Morgan fingerprint density at radius 3 is 2.69 bits per heavy atom. The van der Waals surface area contributed by atoms with Crippen LogP contribution in [0.2, 0.25) is 0 Å². The van der Waals surface area contributed by atoms with Crippen LogP contribution in [0.5, 0.6) is 5.75 Å². The van der Waals surface area contributed by atoms with Crippen molar-refractivity contribution in [1.29, 1.82) is 0 Å². The molecular formula is C20H28N2O4. The number of para-hydroxylation sites is 1. The molecule has 0 unspecified atom stereocenters. The van der Waals surface area contributed by atoms with E-state index in [0.717, 1.165) is 38.8 Å². The number of piperidine rings is 1. The molecule has 1 N–H and O–H groups in total. The lowest BCUT2D eigenvalue weighted by atomic mass is 9.94. The number of ether oxygens (including phenoxy) is 2. The predicted molar refractivity (Wildman–Crippen MR) is 97.8 cm³/mol. The minimum atomic E-state index is -0.123. The zero-order valence-corrected chi connectivity index (χ0v) is 15.2. The van der Waals surface area contributed by atoms with E-state index >= 15 is 0 Å². The van der Waals surface area contributed by atoms with Crippen LogP contribution in [0.4, 0.5) is 0 Å². The molecule has 2 amide bonds. The van der Waals surface area contributed by atoms with Gasteiger partial charge in [0.1, 0.15) is 5.75 Å². The minimum absolute atomic E-state index is 0.0153. The molecule has 0 radical (unpaired) electrons. The van der Waals surface area contributed by atoms with Gasteiger partial charge < -0.3 is 19.7 Å². The summed E-state index contributed by atoms with van der Waals surface area (Å²) in [5, 5.41) is 2.94. The number of benzene rings is 1. The Morgan fingerprint density at radius 2 is 1.92 bits per heavy atom. The summed E-state index contributed by atoms with van der Waals surface area (Å²) in [6, 6.07) is 9.31. The summed E-state index contributed by atoms with van der Waals surface area (Å²) in [5.74, 6) is 1.25. The number of hydrogen-bond acceptors (Lipinski definition) is 4. The summed E-state index contributed by atoms with van der Waals surface area (Å²) in [4.78, 5) is 26.6. The van der Waals surface area contributed by atoms with Gasteiger partial charge in [0.25, 0.3) is 5.91 Å². The van der Waals surface area contributed by atoms with E-state index < -0.39 is 0 Å². The molecule has 0 aliphatic carbocycles. The molecule has 26 heavy (non-hydrogen) atoms. The second-order valence-corrected chi connectivity index (χ2v) is 7.08. The number of likely N-dealkylation sites (tertiary alicyclic amines) is 1. The molecule has 1 aromatic carbocycles. The van der Waals surface area contributed by atoms with E-state index in [0.29, 0.717) is 31.4 Å². The standard InChI is InChI=1S/C20H28N2O4/c23-19(15-26-18-6-2-1-3-7-18)21-13-16-5-4-10-22(14-16)20(24)17-8-11-25-12-9-17/h1-3,6-7,16-17H,4-5,8-15H2,(H,21,23)/t16-/m1/s1. The average molecular weight is 360 g/mol. The zero-order chi connectivity index (χ0) is 18.2. The fourth-order valence-electron chi connectivity index (χ4n) is 3.61. The van der Waals surface area contributed by atoms with Crippen LogP contribution in [0, 0.1) is 11.8 Å². The van der Waals surface area contributed by atoms with Gasteiger partial charge in [-0.25, -0.2) is 0 Å². The summed E-state index contributed by atoms with van der Waals surface area (Å²) in [6.45, 7) is 3.54. The van der Waals surface area contributed by atoms with E-state index in [1.807, 2.05) is 35.2 Å². The van der Waals surface area contributed by atoms with Gasteiger partial charge in [-0.1, -0.05) is 18.2 Å². The second-order valence-electron chi connectivity index (χ2n) is 7.08. The van der Waals surface area contributed by atoms with Crippen molar-refractivity contribution < 1.29 is 19.1 Å². The molecule has 0 saturated carbocycles. The van der Waals surface area contributed by atoms with Crippen LogP contribution in [0.3, 0.4) is 0 Å². The number of nitrogens with zero attached hydrogens (tertiary/aromatic N) is 1. The molecule has 2 saturated heterocycles. The number of nitrogens with one attached hydrogen (secondary N) is 1. The maximum Gasteiger partial charge on any atom is 0.257 e. The molecule has 2 aliphatic rings. The number of hydrogen-bond donors (Lipinski definition) is 1. The minimum Gasteiger partial charge on any atom is -0.484 e. The third kappa shape index (κ3) is 5.46. The van der Waals surface area contributed by atoms with Gasteiger partial charge in [-0.3, -0.25) is 9.59 Å². The largest absolute Gasteiger partial charge is 0.484 e. The van der Waals surface area contributed by atoms with Gasteiger partial charge in [0.2, 0.25) is 5.91 Å². The summed E-state index contributed by atoms with van der Waals surface area (Å²) < 4.78 is 10.8. The highest BCUT2D eigenvalue weighted by Gasteiger charge is 2.30. The molecule has 1 aromatic rings. The van der Waals surface area contributed by atoms with Gasteiger partial charge in [-0.15, -0.1) is 0 Å². The van der Waals surface area contributed by atoms with Crippen LogP contribution in [0.15, 0.2) is 30.3 Å². The number of carbonyl (C=O) groups excluding carboxylic acids is 2. The molecule has 0 spiro atoms. The van der Waals surface area contributed by atoms with E-state index in [2.05, 4.69) is 5.32 Å². The lowest BCUT2D eigenvalue weighted by molar-refractivity contribution is -0.140. The van der Waals surface area contributed by atoms with E-state index in [1.165, 1.54) is 0 Å². The van der Waals surface area contributed by atoms with Gasteiger partial charge in [-0.2, -0.15) is 0 Å². The third-order valence-corrected chi connectivity index (χ3v) is 5.10. The molecule has 0 aromatic heterocycles. The first-order valence-electron chi connectivity index (χ1n) is 9.53. The molecule has 2 heterocycles. The van der Waals surface area contributed by atoms with E-state index in [-0.39, 0.29) is 24.3 Å². The van der Waals surface area contributed by atoms with Crippen molar-refractivity contribution in [3.8, 4) is 5.75 Å². The molecule has 2 fully saturated rings. The van der Waals surface area contributed by atoms with E-state index in [1.54, 1.807) is 0 Å². The van der Waals surface area contributed by atoms with E-state index in [9.17, 15) is 9.59 Å².